The van der Waals surface area contributed by atoms with Crippen LogP contribution in [-0.2, 0) is 0 Å². The van der Waals surface area contributed by atoms with Gasteiger partial charge in [0.05, 0.1) is 0 Å². The summed E-state index contributed by atoms with van der Waals surface area (Å²) in [7, 11) is 3.98. The first kappa shape index (κ1) is 9.21. The predicted octanol–water partition coefficient (Wildman–Crippen LogP) is 1.75. The zero-order valence-corrected chi connectivity index (χ0v) is 7.26. The Hall–Kier alpha value is -0.790. The van der Waals surface area contributed by atoms with Crippen LogP contribution in [0.15, 0.2) is 17.8 Å². The SMILES string of the molecule is C=CN=C(C(C)C)N(C)C. The molecular weight excluding hydrogens is 124 g/mol. The van der Waals surface area contributed by atoms with Crippen molar-refractivity contribution < 1.29 is 0 Å². The maximum Gasteiger partial charge on any atom is 0.106 e. The fourth-order valence-electron chi connectivity index (χ4n) is 0.874. The molecule has 0 N–H and O–H groups in total. The number of aliphatic imine (C=N–C) groups is 1. The smallest absolute Gasteiger partial charge is 0.106 e. The number of hydrogen-bond acceptors (Lipinski definition) is 1. The molecule has 0 aromatic rings. The van der Waals surface area contributed by atoms with E-state index in [-0.39, 0.29) is 0 Å². The van der Waals surface area contributed by atoms with Crippen LogP contribution in [0.3, 0.4) is 0 Å². The van der Waals surface area contributed by atoms with E-state index in [1.165, 1.54) is 0 Å². The number of nitrogens with zero attached hydrogens (tertiary/aromatic N) is 2. The van der Waals surface area contributed by atoms with Gasteiger partial charge in [-0.05, 0) is 0 Å². The summed E-state index contributed by atoms with van der Waals surface area (Å²) in [5.41, 5.74) is 0. The standard InChI is InChI=1S/C8H16N2/c1-6-9-8(7(2)3)10(4)5/h6-7H,1H2,2-5H3. The average Bonchev–Trinajstić information content (AvgIpc) is 1.81. The van der Waals surface area contributed by atoms with E-state index in [4.69, 9.17) is 0 Å². The molecule has 10 heavy (non-hydrogen) atoms. The molecule has 0 aromatic carbocycles. The molecule has 0 radical (unpaired) electrons. The van der Waals surface area contributed by atoms with Gasteiger partial charge in [0.2, 0.25) is 0 Å². The van der Waals surface area contributed by atoms with Gasteiger partial charge in [-0.1, -0.05) is 20.4 Å². The highest BCUT2D eigenvalue weighted by atomic mass is 15.1. The first-order chi connectivity index (χ1) is 4.59. The molecule has 0 heterocycles. The molecule has 0 unspecified atom stereocenters. The monoisotopic (exact) mass is 140 g/mol. The van der Waals surface area contributed by atoms with Crippen LogP contribution in [-0.4, -0.2) is 24.8 Å². The van der Waals surface area contributed by atoms with Crippen molar-refractivity contribution in [3.05, 3.63) is 12.8 Å². The molecule has 0 atom stereocenters. The third-order valence-corrected chi connectivity index (χ3v) is 1.20. The molecule has 0 amide bonds. The minimum absolute atomic E-state index is 0.466. The van der Waals surface area contributed by atoms with Crippen LogP contribution in [0, 0.1) is 5.92 Å². The molecular formula is C8H16N2. The van der Waals surface area contributed by atoms with Gasteiger partial charge in [0.25, 0.3) is 0 Å². The zero-order chi connectivity index (χ0) is 8.15. The van der Waals surface area contributed by atoms with Crippen LogP contribution in [0.4, 0.5) is 0 Å². The van der Waals surface area contributed by atoms with Crippen LogP contribution in [0.25, 0.3) is 0 Å². The van der Waals surface area contributed by atoms with Gasteiger partial charge in [-0.15, -0.1) is 0 Å². The number of rotatable bonds is 2. The molecule has 0 aliphatic carbocycles. The van der Waals surface area contributed by atoms with Crippen molar-refractivity contribution in [3.63, 3.8) is 0 Å². The Morgan fingerprint density at radius 1 is 1.50 bits per heavy atom. The van der Waals surface area contributed by atoms with Crippen molar-refractivity contribution in [1.82, 2.24) is 4.90 Å². The molecule has 0 aliphatic rings. The third kappa shape index (κ3) is 2.67. The van der Waals surface area contributed by atoms with E-state index in [0.29, 0.717) is 5.92 Å². The summed E-state index contributed by atoms with van der Waals surface area (Å²) >= 11 is 0. The lowest BCUT2D eigenvalue weighted by atomic mass is 10.2. The molecule has 0 aliphatic heterocycles. The van der Waals surface area contributed by atoms with Gasteiger partial charge in [0.1, 0.15) is 5.84 Å². The van der Waals surface area contributed by atoms with Crippen molar-refractivity contribution in [2.75, 3.05) is 14.1 Å². The lowest BCUT2D eigenvalue weighted by molar-refractivity contribution is 0.575. The Balaban J connectivity index is 4.26. The lowest BCUT2D eigenvalue weighted by Gasteiger charge is -2.17. The van der Waals surface area contributed by atoms with E-state index in [1.54, 1.807) is 6.20 Å². The van der Waals surface area contributed by atoms with Gasteiger partial charge in [-0.3, -0.25) is 0 Å². The second kappa shape index (κ2) is 4.09. The third-order valence-electron chi connectivity index (χ3n) is 1.20. The Kier molecular flexibility index (Phi) is 3.77. The van der Waals surface area contributed by atoms with Crippen molar-refractivity contribution in [1.29, 1.82) is 0 Å². The van der Waals surface area contributed by atoms with E-state index in [9.17, 15) is 0 Å². The molecule has 0 fully saturated rings. The fourth-order valence-corrected chi connectivity index (χ4v) is 0.874. The highest BCUT2D eigenvalue weighted by Gasteiger charge is 2.04. The maximum absolute atomic E-state index is 4.13. The molecule has 58 valence electrons. The zero-order valence-electron chi connectivity index (χ0n) is 7.26. The summed E-state index contributed by atoms with van der Waals surface area (Å²) < 4.78 is 0. The Morgan fingerprint density at radius 3 is 2.10 bits per heavy atom. The van der Waals surface area contributed by atoms with Gasteiger partial charge in [0, 0.05) is 26.2 Å². The van der Waals surface area contributed by atoms with Gasteiger partial charge in [-0.2, -0.15) is 0 Å². The minimum atomic E-state index is 0.466. The van der Waals surface area contributed by atoms with Crippen molar-refractivity contribution in [3.8, 4) is 0 Å². The van der Waals surface area contributed by atoms with Crippen molar-refractivity contribution in [2.45, 2.75) is 13.8 Å². The van der Waals surface area contributed by atoms with E-state index in [0.717, 1.165) is 5.84 Å². The quantitative estimate of drug-likeness (QED) is 0.421. The summed E-state index contributed by atoms with van der Waals surface area (Å²) in [6.07, 6.45) is 1.58. The van der Waals surface area contributed by atoms with E-state index in [1.807, 2.05) is 19.0 Å². The number of amidine groups is 1. The van der Waals surface area contributed by atoms with E-state index >= 15 is 0 Å². The van der Waals surface area contributed by atoms with Crippen LogP contribution >= 0.6 is 0 Å². The number of hydrogen-bond donors (Lipinski definition) is 0. The van der Waals surface area contributed by atoms with Crippen molar-refractivity contribution in [2.24, 2.45) is 10.9 Å². The molecule has 0 saturated heterocycles. The van der Waals surface area contributed by atoms with Gasteiger partial charge in [-0.25, -0.2) is 4.99 Å². The lowest BCUT2D eigenvalue weighted by Crippen LogP contribution is -2.26. The molecule has 0 bridgehead atoms. The fraction of sp³-hybridized carbons (Fsp3) is 0.625. The highest BCUT2D eigenvalue weighted by molar-refractivity contribution is 5.84. The van der Waals surface area contributed by atoms with Crippen molar-refractivity contribution >= 4 is 5.84 Å². The maximum atomic E-state index is 4.13. The van der Waals surface area contributed by atoms with E-state index in [2.05, 4.69) is 25.4 Å². The van der Waals surface area contributed by atoms with Gasteiger partial charge in [0.15, 0.2) is 0 Å². The van der Waals surface area contributed by atoms with E-state index < -0.39 is 0 Å². The van der Waals surface area contributed by atoms with Crippen LogP contribution in [0.5, 0.6) is 0 Å². The average molecular weight is 140 g/mol. The molecule has 2 heteroatoms. The Morgan fingerprint density at radius 2 is 2.00 bits per heavy atom. The van der Waals surface area contributed by atoms with Crippen LogP contribution < -0.4 is 0 Å². The highest BCUT2D eigenvalue weighted by Crippen LogP contribution is 1.99. The van der Waals surface area contributed by atoms with Gasteiger partial charge < -0.3 is 4.90 Å². The second-order valence-corrected chi connectivity index (χ2v) is 2.72. The van der Waals surface area contributed by atoms with Gasteiger partial charge >= 0.3 is 0 Å². The molecule has 0 saturated carbocycles. The summed E-state index contributed by atoms with van der Waals surface area (Å²) in [6, 6.07) is 0. The Bertz CT molecular complexity index is 124. The minimum Gasteiger partial charge on any atom is -0.366 e. The molecule has 0 aromatic heterocycles. The summed E-state index contributed by atoms with van der Waals surface area (Å²) in [6.45, 7) is 7.78. The molecule has 0 rings (SSSR count). The van der Waals surface area contributed by atoms with Crippen LogP contribution in [0.1, 0.15) is 13.8 Å². The van der Waals surface area contributed by atoms with Crippen LogP contribution in [0.2, 0.25) is 0 Å². The molecule has 2 nitrogen and oxygen atoms in total. The molecule has 0 spiro atoms. The predicted molar refractivity (Wildman–Crippen MR) is 46.2 cm³/mol. The first-order valence-electron chi connectivity index (χ1n) is 3.45. The first-order valence-corrected chi connectivity index (χ1v) is 3.45. The normalized spacial score (nSPS) is 11.9. The summed E-state index contributed by atoms with van der Waals surface area (Å²) in [5.74, 6) is 1.53. The largest absolute Gasteiger partial charge is 0.366 e. The summed E-state index contributed by atoms with van der Waals surface area (Å²) in [4.78, 5) is 6.14. The second-order valence-electron chi connectivity index (χ2n) is 2.72. The summed E-state index contributed by atoms with van der Waals surface area (Å²) in [5, 5.41) is 0. The Labute approximate surface area is 63.3 Å². The topological polar surface area (TPSA) is 15.6 Å².